The van der Waals surface area contributed by atoms with Gasteiger partial charge in [-0.15, -0.1) is 0 Å². The summed E-state index contributed by atoms with van der Waals surface area (Å²) in [5.41, 5.74) is 5.77. The van der Waals surface area contributed by atoms with Gasteiger partial charge in [0, 0.05) is 16.6 Å². The van der Waals surface area contributed by atoms with Gasteiger partial charge in [0.2, 0.25) is 0 Å². The van der Waals surface area contributed by atoms with E-state index in [2.05, 4.69) is 0 Å². The van der Waals surface area contributed by atoms with Crippen LogP contribution in [0.2, 0.25) is 10.0 Å². The van der Waals surface area contributed by atoms with Crippen molar-refractivity contribution in [2.45, 2.75) is 13.0 Å². The Labute approximate surface area is 80.3 Å². The molecule has 0 aliphatic carbocycles. The third-order valence-electron chi connectivity index (χ3n) is 1.53. The molecule has 0 radical (unpaired) electrons. The standard InChI is InChI=1S/C8H8Cl2FN/c1-4(12)7-5(9)2-3-6(10)8(7)11/h2-4H,12H2,1H3. The highest BCUT2D eigenvalue weighted by atomic mass is 35.5. The van der Waals surface area contributed by atoms with E-state index in [4.69, 9.17) is 28.9 Å². The van der Waals surface area contributed by atoms with Gasteiger partial charge >= 0.3 is 0 Å². The van der Waals surface area contributed by atoms with E-state index in [0.717, 1.165) is 0 Å². The second-order valence-corrected chi connectivity index (χ2v) is 3.36. The van der Waals surface area contributed by atoms with Gasteiger partial charge in [0.05, 0.1) is 5.02 Å². The first-order valence-corrected chi connectivity index (χ1v) is 4.18. The maximum Gasteiger partial charge on any atom is 0.148 e. The van der Waals surface area contributed by atoms with Crippen LogP contribution >= 0.6 is 23.2 Å². The quantitative estimate of drug-likeness (QED) is 0.704. The number of rotatable bonds is 1. The first-order chi connectivity index (χ1) is 5.54. The lowest BCUT2D eigenvalue weighted by molar-refractivity contribution is 0.594. The summed E-state index contributed by atoms with van der Waals surface area (Å²) < 4.78 is 13.2. The molecule has 0 aliphatic heterocycles. The number of nitrogens with two attached hydrogens (primary N) is 1. The van der Waals surface area contributed by atoms with Gasteiger partial charge in [0.15, 0.2) is 0 Å². The van der Waals surface area contributed by atoms with Crippen molar-refractivity contribution in [1.82, 2.24) is 0 Å². The Bertz CT molecular complexity index is 299. The predicted molar refractivity (Wildman–Crippen MR) is 49.0 cm³/mol. The van der Waals surface area contributed by atoms with Crippen LogP contribution in [0.4, 0.5) is 4.39 Å². The monoisotopic (exact) mass is 207 g/mol. The van der Waals surface area contributed by atoms with Crippen molar-refractivity contribution in [2.24, 2.45) is 5.73 Å². The minimum atomic E-state index is -0.529. The summed E-state index contributed by atoms with van der Waals surface area (Å²) in [7, 11) is 0. The summed E-state index contributed by atoms with van der Waals surface area (Å²) >= 11 is 11.3. The molecular weight excluding hydrogens is 200 g/mol. The van der Waals surface area contributed by atoms with Crippen LogP contribution < -0.4 is 5.73 Å². The summed E-state index contributed by atoms with van der Waals surface area (Å²) in [6.07, 6.45) is 0. The molecule has 1 nitrogen and oxygen atoms in total. The predicted octanol–water partition coefficient (Wildman–Crippen LogP) is 3.15. The molecule has 0 aromatic heterocycles. The molecular formula is C8H8Cl2FN. The number of halogens is 3. The van der Waals surface area contributed by atoms with Crippen LogP contribution in [0.15, 0.2) is 12.1 Å². The van der Waals surface area contributed by atoms with Gasteiger partial charge in [0.25, 0.3) is 0 Å². The van der Waals surface area contributed by atoms with Crippen LogP contribution in [0.5, 0.6) is 0 Å². The molecule has 0 aliphatic rings. The molecule has 1 aromatic rings. The first-order valence-electron chi connectivity index (χ1n) is 3.43. The maximum absolute atomic E-state index is 13.2. The molecule has 0 heterocycles. The zero-order valence-corrected chi connectivity index (χ0v) is 7.96. The Balaban J connectivity index is 3.33. The van der Waals surface area contributed by atoms with Crippen molar-refractivity contribution in [2.75, 3.05) is 0 Å². The smallest absolute Gasteiger partial charge is 0.148 e. The van der Waals surface area contributed by atoms with Gasteiger partial charge in [-0.25, -0.2) is 4.39 Å². The van der Waals surface area contributed by atoms with E-state index in [-0.39, 0.29) is 10.6 Å². The molecule has 1 atom stereocenters. The molecule has 1 aromatic carbocycles. The van der Waals surface area contributed by atoms with Crippen LogP contribution in [0.25, 0.3) is 0 Å². The van der Waals surface area contributed by atoms with Gasteiger partial charge in [-0.3, -0.25) is 0 Å². The molecule has 0 spiro atoms. The van der Waals surface area contributed by atoms with E-state index < -0.39 is 11.9 Å². The van der Waals surface area contributed by atoms with E-state index in [1.165, 1.54) is 12.1 Å². The fourth-order valence-corrected chi connectivity index (χ4v) is 1.44. The van der Waals surface area contributed by atoms with Crippen molar-refractivity contribution < 1.29 is 4.39 Å². The minimum Gasteiger partial charge on any atom is -0.324 e. The number of hydrogen-bond acceptors (Lipinski definition) is 1. The number of benzene rings is 1. The molecule has 4 heteroatoms. The Morgan fingerprint density at radius 1 is 1.33 bits per heavy atom. The van der Waals surface area contributed by atoms with Crippen molar-refractivity contribution in [3.63, 3.8) is 0 Å². The Morgan fingerprint density at radius 3 is 2.25 bits per heavy atom. The van der Waals surface area contributed by atoms with Crippen LogP contribution in [-0.2, 0) is 0 Å². The zero-order valence-electron chi connectivity index (χ0n) is 6.44. The molecule has 12 heavy (non-hydrogen) atoms. The Hall–Kier alpha value is -0.310. The minimum absolute atomic E-state index is 0.0479. The van der Waals surface area contributed by atoms with Gasteiger partial charge in [-0.2, -0.15) is 0 Å². The second-order valence-electron chi connectivity index (χ2n) is 2.55. The van der Waals surface area contributed by atoms with Crippen molar-refractivity contribution in [3.8, 4) is 0 Å². The van der Waals surface area contributed by atoms with Gasteiger partial charge < -0.3 is 5.73 Å². The molecule has 2 N–H and O–H groups in total. The zero-order chi connectivity index (χ0) is 9.30. The lowest BCUT2D eigenvalue weighted by Gasteiger charge is -2.09. The van der Waals surface area contributed by atoms with E-state index in [9.17, 15) is 4.39 Å². The SMILES string of the molecule is CC(N)c1c(Cl)ccc(Cl)c1F. The van der Waals surface area contributed by atoms with E-state index in [0.29, 0.717) is 5.02 Å². The van der Waals surface area contributed by atoms with Crippen LogP contribution in [0, 0.1) is 5.82 Å². The topological polar surface area (TPSA) is 26.0 Å². The molecule has 66 valence electrons. The summed E-state index contributed by atoms with van der Waals surface area (Å²) in [4.78, 5) is 0. The van der Waals surface area contributed by atoms with Gasteiger partial charge in [-0.1, -0.05) is 23.2 Å². The largest absolute Gasteiger partial charge is 0.324 e. The molecule has 0 bridgehead atoms. The van der Waals surface area contributed by atoms with E-state index in [1.807, 2.05) is 0 Å². The lowest BCUT2D eigenvalue weighted by atomic mass is 10.1. The molecule has 0 saturated carbocycles. The fraction of sp³-hybridized carbons (Fsp3) is 0.250. The summed E-state index contributed by atoms with van der Waals surface area (Å²) in [6.45, 7) is 1.65. The van der Waals surface area contributed by atoms with E-state index >= 15 is 0 Å². The summed E-state index contributed by atoms with van der Waals surface area (Å²) in [5.74, 6) is -0.529. The molecule has 0 fully saturated rings. The highest BCUT2D eigenvalue weighted by molar-refractivity contribution is 6.33. The second kappa shape index (κ2) is 3.60. The highest BCUT2D eigenvalue weighted by Gasteiger charge is 2.13. The van der Waals surface area contributed by atoms with Crippen molar-refractivity contribution in [1.29, 1.82) is 0 Å². The van der Waals surface area contributed by atoms with Gasteiger partial charge in [0.1, 0.15) is 5.82 Å². The average Bonchev–Trinajstić information content (AvgIpc) is 1.97. The summed E-state index contributed by atoms with van der Waals surface area (Å²) in [6, 6.07) is 2.49. The average molecular weight is 208 g/mol. The molecule has 1 rings (SSSR count). The third-order valence-corrected chi connectivity index (χ3v) is 2.16. The Kier molecular flexibility index (Phi) is 2.94. The fourth-order valence-electron chi connectivity index (χ4n) is 0.960. The number of hydrogen-bond donors (Lipinski definition) is 1. The first kappa shape index (κ1) is 9.78. The summed E-state index contributed by atoms with van der Waals surface area (Å²) in [5, 5.41) is 0.360. The van der Waals surface area contributed by atoms with E-state index in [1.54, 1.807) is 6.92 Å². The molecule has 0 saturated heterocycles. The third kappa shape index (κ3) is 1.71. The molecule has 0 amide bonds. The van der Waals surface area contributed by atoms with Crippen LogP contribution in [0.3, 0.4) is 0 Å². The van der Waals surface area contributed by atoms with Crippen molar-refractivity contribution in [3.05, 3.63) is 33.6 Å². The van der Waals surface area contributed by atoms with Crippen LogP contribution in [0.1, 0.15) is 18.5 Å². The maximum atomic E-state index is 13.2. The molecule has 1 unspecified atom stereocenters. The lowest BCUT2D eigenvalue weighted by Crippen LogP contribution is -2.08. The van der Waals surface area contributed by atoms with Crippen molar-refractivity contribution >= 4 is 23.2 Å². The Morgan fingerprint density at radius 2 is 1.83 bits per heavy atom. The van der Waals surface area contributed by atoms with Gasteiger partial charge in [-0.05, 0) is 19.1 Å². The van der Waals surface area contributed by atoms with Crippen LogP contribution in [-0.4, -0.2) is 0 Å². The highest BCUT2D eigenvalue weighted by Crippen LogP contribution is 2.28. The normalized spacial score (nSPS) is 13.1.